The molecule has 1 N–H and O–H groups in total. The lowest BCUT2D eigenvalue weighted by molar-refractivity contribution is -0.384. The van der Waals surface area contributed by atoms with Crippen LogP contribution in [0.4, 0.5) is 11.5 Å². The topological polar surface area (TPSA) is 68.1 Å². The van der Waals surface area contributed by atoms with Gasteiger partial charge in [-0.15, -0.1) is 0 Å². The van der Waals surface area contributed by atoms with Crippen molar-refractivity contribution in [2.45, 2.75) is 32.2 Å². The minimum absolute atomic E-state index is 0.0199. The molecule has 1 heterocycles. The third-order valence-electron chi connectivity index (χ3n) is 3.22. The summed E-state index contributed by atoms with van der Waals surface area (Å²) in [4.78, 5) is 14.4. The second-order valence-corrected chi connectivity index (χ2v) is 4.81. The number of rotatable bonds is 3. The van der Waals surface area contributed by atoms with E-state index in [0.29, 0.717) is 5.92 Å². The highest BCUT2D eigenvalue weighted by Crippen LogP contribution is 2.31. The first-order valence-corrected chi connectivity index (χ1v) is 6.03. The average molecular weight is 256 g/mol. The van der Waals surface area contributed by atoms with Gasteiger partial charge in [0.25, 0.3) is 0 Å². The molecule has 0 bridgehead atoms. The van der Waals surface area contributed by atoms with Crippen molar-refractivity contribution in [3.05, 3.63) is 27.4 Å². The maximum absolute atomic E-state index is 10.9. The van der Waals surface area contributed by atoms with Crippen LogP contribution >= 0.6 is 11.6 Å². The summed E-state index contributed by atoms with van der Waals surface area (Å²) in [5.74, 6) is 0.789. The second-order valence-electron chi connectivity index (χ2n) is 4.42. The number of hydrogen-bond donors (Lipinski definition) is 1. The molecule has 0 aromatic carbocycles. The lowest BCUT2D eigenvalue weighted by Gasteiger charge is -2.17. The molecule has 0 saturated heterocycles. The molecule has 1 saturated carbocycles. The fourth-order valence-corrected chi connectivity index (χ4v) is 2.36. The van der Waals surface area contributed by atoms with Gasteiger partial charge in [-0.05, 0) is 24.8 Å². The first-order chi connectivity index (χ1) is 8.08. The van der Waals surface area contributed by atoms with E-state index in [-0.39, 0.29) is 22.7 Å². The molecule has 0 radical (unpaired) electrons. The summed E-state index contributed by atoms with van der Waals surface area (Å²) in [5.41, 5.74) is -0.0199. The van der Waals surface area contributed by atoms with Gasteiger partial charge in [-0.3, -0.25) is 10.1 Å². The Kier molecular flexibility index (Phi) is 3.47. The molecular formula is C11H14ClN3O2. The van der Waals surface area contributed by atoms with Gasteiger partial charge in [-0.2, -0.15) is 0 Å². The predicted molar refractivity (Wildman–Crippen MR) is 66.3 cm³/mol. The van der Waals surface area contributed by atoms with Crippen LogP contribution in [-0.2, 0) is 0 Å². The largest absolute Gasteiger partial charge is 0.361 e. The van der Waals surface area contributed by atoms with Gasteiger partial charge in [0.2, 0.25) is 5.82 Å². The minimum Gasteiger partial charge on any atom is -0.361 e. The van der Waals surface area contributed by atoms with Crippen molar-refractivity contribution in [3.63, 3.8) is 0 Å². The van der Waals surface area contributed by atoms with E-state index in [2.05, 4.69) is 17.2 Å². The molecule has 0 aliphatic heterocycles. The Balaban J connectivity index is 2.24. The van der Waals surface area contributed by atoms with Crippen LogP contribution in [-0.4, -0.2) is 15.9 Å². The van der Waals surface area contributed by atoms with E-state index < -0.39 is 4.92 Å². The van der Waals surface area contributed by atoms with Crippen molar-refractivity contribution in [2.24, 2.45) is 5.92 Å². The SMILES string of the molecule is CC1CCCC1Nc1nc(Cl)ccc1[N+](=O)[O-]. The molecular weight excluding hydrogens is 242 g/mol. The molecule has 1 aliphatic carbocycles. The predicted octanol–water partition coefficient (Wildman–Crippen LogP) is 3.24. The van der Waals surface area contributed by atoms with Crippen LogP contribution in [0, 0.1) is 16.0 Å². The van der Waals surface area contributed by atoms with Crippen molar-refractivity contribution in [1.29, 1.82) is 0 Å². The van der Waals surface area contributed by atoms with E-state index in [4.69, 9.17) is 11.6 Å². The monoisotopic (exact) mass is 255 g/mol. The zero-order chi connectivity index (χ0) is 12.4. The first kappa shape index (κ1) is 12.1. The molecule has 17 heavy (non-hydrogen) atoms. The number of nitrogens with one attached hydrogen (secondary N) is 1. The van der Waals surface area contributed by atoms with Crippen molar-refractivity contribution >= 4 is 23.1 Å². The fourth-order valence-electron chi connectivity index (χ4n) is 2.22. The summed E-state index contributed by atoms with van der Waals surface area (Å²) in [7, 11) is 0. The summed E-state index contributed by atoms with van der Waals surface area (Å²) in [6.07, 6.45) is 3.31. The van der Waals surface area contributed by atoms with Crippen LogP contribution in [0.25, 0.3) is 0 Å². The minimum atomic E-state index is -0.439. The number of halogens is 1. The maximum atomic E-state index is 10.9. The van der Waals surface area contributed by atoms with E-state index in [1.165, 1.54) is 12.1 Å². The summed E-state index contributed by atoms with van der Waals surface area (Å²) < 4.78 is 0. The van der Waals surface area contributed by atoms with E-state index in [1.807, 2.05) is 0 Å². The number of aromatic nitrogens is 1. The summed E-state index contributed by atoms with van der Waals surface area (Å²) in [5, 5.41) is 14.3. The zero-order valence-electron chi connectivity index (χ0n) is 9.52. The van der Waals surface area contributed by atoms with E-state index in [9.17, 15) is 10.1 Å². The van der Waals surface area contributed by atoms with Crippen molar-refractivity contribution in [1.82, 2.24) is 4.98 Å². The Morgan fingerprint density at radius 1 is 1.53 bits per heavy atom. The van der Waals surface area contributed by atoms with Crippen LogP contribution in [0.1, 0.15) is 26.2 Å². The number of anilines is 1. The van der Waals surface area contributed by atoms with Gasteiger partial charge in [-0.25, -0.2) is 4.98 Å². The Labute approximate surface area is 104 Å². The van der Waals surface area contributed by atoms with Gasteiger partial charge in [0.15, 0.2) is 0 Å². The van der Waals surface area contributed by atoms with E-state index in [1.54, 1.807) is 0 Å². The lowest BCUT2D eigenvalue weighted by Crippen LogP contribution is -2.23. The van der Waals surface area contributed by atoms with Crippen molar-refractivity contribution < 1.29 is 4.92 Å². The van der Waals surface area contributed by atoms with Gasteiger partial charge >= 0.3 is 5.69 Å². The Morgan fingerprint density at radius 3 is 2.88 bits per heavy atom. The zero-order valence-corrected chi connectivity index (χ0v) is 10.3. The molecule has 6 heteroatoms. The molecule has 92 valence electrons. The molecule has 1 aromatic rings. The fraction of sp³-hybridized carbons (Fsp3) is 0.545. The highest BCUT2D eigenvalue weighted by atomic mass is 35.5. The smallest absolute Gasteiger partial charge is 0.311 e. The average Bonchev–Trinajstić information content (AvgIpc) is 2.64. The van der Waals surface area contributed by atoms with Gasteiger partial charge in [0.05, 0.1) is 4.92 Å². The van der Waals surface area contributed by atoms with E-state index >= 15 is 0 Å². The van der Waals surface area contributed by atoms with Crippen molar-refractivity contribution in [3.8, 4) is 0 Å². The standard InChI is InChI=1S/C11H14ClN3O2/c1-7-3-2-4-8(7)13-11-9(15(16)17)5-6-10(12)14-11/h5-8H,2-4H2,1H3,(H,13,14). The molecule has 2 unspecified atom stereocenters. The molecule has 1 fully saturated rings. The molecule has 1 aromatic heterocycles. The Bertz CT molecular complexity index is 439. The number of hydrogen-bond acceptors (Lipinski definition) is 4. The molecule has 1 aliphatic rings. The van der Waals surface area contributed by atoms with Gasteiger partial charge in [-0.1, -0.05) is 24.9 Å². The quantitative estimate of drug-likeness (QED) is 0.511. The highest BCUT2D eigenvalue weighted by molar-refractivity contribution is 6.29. The van der Waals surface area contributed by atoms with Crippen LogP contribution in [0.2, 0.25) is 5.15 Å². The lowest BCUT2D eigenvalue weighted by atomic mass is 10.1. The van der Waals surface area contributed by atoms with Crippen molar-refractivity contribution in [2.75, 3.05) is 5.32 Å². The van der Waals surface area contributed by atoms with Crippen LogP contribution in [0.5, 0.6) is 0 Å². The summed E-state index contributed by atoms with van der Waals surface area (Å²) in [6.45, 7) is 2.14. The van der Waals surface area contributed by atoms with E-state index in [0.717, 1.165) is 19.3 Å². The highest BCUT2D eigenvalue weighted by Gasteiger charge is 2.26. The second kappa shape index (κ2) is 4.87. The maximum Gasteiger partial charge on any atom is 0.311 e. The molecule has 0 amide bonds. The van der Waals surface area contributed by atoms with Gasteiger partial charge in [0.1, 0.15) is 5.15 Å². The summed E-state index contributed by atoms with van der Waals surface area (Å²) >= 11 is 5.77. The number of pyridine rings is 1. The van der Waals surface area contributed by atoms with Crippen LogP contribution in [0.15, 0.2) is 12.1 Å². The molecule has 5 nitrogen and oxygen atoms in total. The van der Waals surface area contributed by atoms with Gasteiger partial charge < -0.3 is 5.32 Å². The molecule has 2 rings (SSSR count). The first-order valence-electron chi connectivity index (χ1n) is 5.65. The Morgan fingerprint density at radius 2 is 2.29 bits per heavy atom. The molecule has 0 spiro atoms. The number of nitrogens with zero attached hydrogens (tertiary/aromatic N) is 2. The normalized spacial score (nSPS) is 23.6. The number of nitro groups is 1. The third-order valence-corrected chi connectivity index (χ3v) is 3.43. The Hall–Kier alpha value is -1.36. The summed E-state index contributed by atoms with van der Waals surface area (Å²) in [6, 6.07) is 3.07. The third kappa shape index (κ3) is 2.66. The molecule has 2 atom stereocenters. The van der Waals surface area contributed by atoms with Crippen LogP contribution < -0.4 is 5.32 Å². The van der Waals surface area contributed by atoms with Gasteiger partial charge in [0, 0.05) is 12.1 Å². The van der Waals surface area contributed by atoms with Crippen LogP contribution in [0.3, 0.4) is 0 Å².